The Morgan fingerprint density at radius 3 is 2.78 bits per heavy atom. The molecule has 0 radical (unpaired) electrons. The van der Waals surface area contributed by atoms with Crippen molar-refractivity contribution in [3.63, 3.8) is 0 Å². The molecule has 18 heavy (non-hydrogen) atoms. The van der Waals surface area contributed by atoms with Crippen molar-refractivity contribution in [2.75, 3.05) is 13.7 Å². The maximum absolute atomic E-state index is 11.9. The highest BCUT2D eigenvalue weighted by molar-refractivity contribution is 14.1. The van der Waals surface area contributed by atoms with Crippen LogP contribution in [-0.4, -0.2) is 30.6 Å². The first-order valence-corrected chi connectivity index (χ1v) is 6.26. The number of carbonyl (C=O) groups excluding carboxylic acids is 1. The lowest BCUT2D eigenvalue weighted by molar-refractivity contribution is -0.385. The van der Waals surface area contributed by atoms with Gasteiger partial charge in [0.1, 0.15) is 0 Å². The molecule has 0 spiro atoms. The zero-order valence-corrected chi connectivity index (χ0v) is 12.1. The topological polar surface area (TPSA) is 81.5 Å². The number of ether oxygens (including phenoxy) is 1. The van der Waals surface area contributed by atoms with Gasteiger partial charge in [0.05, 0.1) is 11.5 Å². The second-order valence-corrected chi connectivity index (χ2v) is 5.03. The molecule has 0 saturated carbocycles. The molecule has 0 fully saturated rings. The summed E-state index contributed by atoms with van der Waals surface area (Å²) < 4.78 is 5.55. The maximum atomic E-state index is 11.9. The van der Waals surface area contributed by atoms with Gasteiger partial charge >= 0.3 is 0 Å². The molecule has 0 aliphatic heterocycles. The summed E-state index contributed by atoms with van der Waals surface area (Å²) in [6, 6.07) is 4.12. The molecule has 1 rings (SSSR count). The Morgan fingerprint density at radius 2 is 2.22 bits per heavy atom. The van der Waals surface area contributed by atoms with E-state index in [1.165, 1.54) is 12.1 Å². The fourth-order valence-corrected chi connectivity index (χ4v) is 2.06. The first kappa shape index (κ1) is 14.8. The molecule has 0 saturated heterocycles. The number of rotatable bonds is 5. The quantitative estimate of drug-likeness (QED) is 0.492. The molecule has 7 heteroatoms. The largest absolute Gasteiger partial charge is 0.383 e. The van der Waals surface area contributed by atoms with E-state index in [0.29, 0.717) is 10.2 Å². The van der Waals surface area contributed by atoms with Crippen molar-refractivity contribution >= 4 is 34.2 Å². The van der Waals surface area contributed by atoms with Crippen LogP contribution >= 0.6 is 22.6 Å². The number of hydrogen-bond donors (Lipinski definition) is 1. The number of nitro groups is 1. The molecule has 1 N–H and O–H groups in total. The molecule has 1 aromatic carbocycles. The number of halogens is 1. The van der Waals surface area contributed by atoms with Crippen LogP contribution in [0.4, 0.5) is 5.69 Å². The van der Waals surface area contributed by atoms with Crippen molar-refractivity contribution < 1.29 is 14.5 Å². The Labute approximate surface area is 118 Å². The fraction of sp³-hybridized carbons (Fsp3) is 0.364. The molecule has 0 bridgehead atoms. The summed E-state index contributed by atoms with van der Waals surface area (Å²) in [5, 5.41) is 13.4. The highest BCUT2D eigenvalue weighted by Crippen LogP contribution is 2.18. The van der Waals surface area contributed by atoms with E-state index in [1.54, 1.807) is 20.1 Å². The Balaban J connectivity index is 2.88. The molecule has 0 aromatic heterocycles. The van der Waals surface area contributed by atoms with Crippen molar-refractivity contribution in [3.8, 4) is 0 Å². The standard InChI is InChI=1S/C11H13IN2O4/c1-7(6-18-2)13-11(15)8-3-9(12)5-10(4-8)14(16)17/h3-5,7H,6H2,1-2H3,(H,13,15)/t7-/m1/s1. The maximum Gasteiger partial charge on any atom is 0.271 e. The lowest BCUT2D eigenvalue weighted by Crippen LogP contribution is -2.35. The lowest BCUT2D eigenvalue weighted by atomic mass is 10.2. The summed E-state index contributed by atoms with van der Waals surface area (Å²) in [5.41, 5.74) is 0.183. The van der Waals surface area contributed by atoms with Crippen molar-refractivity contribution in [1.29, 1.82) is 0 Å². The minimum absolute atomic E-state index is 0.0913. The zero-order valence-electron chi connectivity index (χ0n) is 9.97. The van der Waals surface area contributed by atoms with Gasteiger partial charge in [-0.25, -0.2) is 0 Å². The van der Waals surface area contributed by atoms with Gasteiger partial charge < -0.3 is 10.1 Å². The van der Waals surface area contributed by atoms with Crippen LogP contribution in [0.1, 0.15) is 17.3 Å². The van der Waals surface area contributed by atoms with Gasteiger partial charge in [-0.1, -0.05) is 0 Å². The molecule has 0 heterocycles. The number of non-ortho nitro benzene ring substituents is 1. The smallest absolute Gasteiger partial charge is 0.271 e. The number of nitrogens with one attached hydrogen (secondary N) is 1. The van der Waals surface area contributed by atoms with Crippen LogP contribution in [0, 0.1) is 13.7 Å². The molecular formula is C11H13IN2O4. The normalized spacial score (nSPS) is 11.9. The van der Waals surface area contributed by atoms with Gasteiger partial charge in [-0.2, -0.15) is 0 Å². The van der Waals surface area contributed by atoms with Gasteiger partial charge in [-0.15, -0.1) is 0 Å². The van der Waals surface area contributed by atoms with Crippen molar-refractivity contribution in [2.24, 2.45) is 0 Å². The van der Waals surface area contributed by atoms with E-state index in [4.69, 9.17) is 4.74 Å². The number of amides is 1. The minimum Gasteiger partial charge on any atom is -0.383 e. The molecule has 1 amide bonds. The summed E-state index contributed by atoms with van der Waals surface area (Å²) in [6.45, 7) is 2.18. The third-order valence-corrected chi connectivity index (χ3v) is 2.77. The third kappa shape index (κ3) is 4.22. The second-order valence-electron chi connectivity index (χ2n) is 3.79. The Hall–Kier alpha value is -1.22. The van der Waals surface area contributed by atoms with Crippen LogP contribution in [0.15, 0.2) is 18.2 Å². The van der Waals surface area contributed by atoms with E-state index >= 15 is 0 Å². The summed E-state index contributed by atoms with van der Waals surface area (Å²) in [5.74, 6) is -0.346. The molecule has 1 atom stereocenters. The molecule has 0 aliphatic rings. The highest BCUT2D eigenvalue weighted by atomic mass is 127. The van der Waals surface area contributed by atoms with Crippen molar-refractivity contribution in [2.45, 2.75) is 13.0 Å². The number of hydrogen-bond acceptors (Lipinski definition) is 4. The number of nitro benzene ring substituents is 1. The fourth-order valence-electron chi connectivity index (χ4n) is 1.41. The highest BCUT2D eigenvalue weighted by Gasteiger charge is 2.15. The van der Waals surface area contributed by atoms with E-state index in [2.05, 4.69) is 5.32 Å². The number of carbonyl (C=O) groups is 1. The summed E-state index contributed by atoms with van der Waals surface area (Å²) in [4.78, 5) is 22.1. The van der Waals surface area contributed by atoms with Crippen LogP contribution in [0.2, 0.25) is 0 Å². The predicted molar refractivity (Wildman–Crippen MR) is 74.6 cm³/mol. The third-order valence-electron chi connectivity index (χ3n) is 2.15. The van der Waals surface area contributed by atoms with Crippen molar-refractivity contribution in [1.82, 2.24) is 5.32 Å². The average Bonchev–Trinajstić information content (AvgIpc) is 2.28. The molecular weight excluding hydrogens is 351 g/mol. The van der Waals surface area contributed by atoms with Crippen LogP contribution < -0.4 is 5.32 Å². The zero-order chi connectivity index (χ0) is 13.7. The van der Waals surface area contributed by atoms with Gasteiger partial charge in [-0.05, 0) is 35.6 Å². The number of nitrogens with zero attached hydrogens (tertiary/aromatic N) is 1. The molecule has 0 aliphatic carbocycles. The Kier molecular flexibility index (Phi) is 5.48. The summed E-state index contributed by atoms with van der Waals surface area (Å²) in [7, 11) is 1.54. The lowest BCUT2D eigenvalue weighted by Gasteiger charge is -2.12. The first-order valence-electron chi connectivity index (χ1n) is 5.19. The van der Waals surface area contributed by atoms with Gasteiger partial charge in [-0.3, -0.25) is 14.9 Å². The molecule has 98 valence electrons. The van der Waals surface area contributed by atoms with Gasteiger partial charge in [0.25, 0.3) is 11.6 Å². The molecule has 6 nitrogen and oxygen atoms in total. The monoisotopic (exact) mass is 364 g/mol. The SMILES string of the molecule is COC[C@@H](C)NC(=O)c1cc(I)cc([N+](=O)[O-])c1. The molecule has 0 unspecified atom stereocenters. The number of methoxy groups -OCH3 is 1. The van der Waals surface area contributed by atoms with E-state index < -0.39 is 4.92 Å². The van der Waals surface area contributed by atoms with Gasteiger partial charge in [0.15, 0.2) is 0 Å². The van der Waals surface area contributed by atoms with Crippen molar-refractivity contribution in [3.05, 3.63) is 37.4 Å². The van der Waals surface area contributed by atoms with Gasteiger partial charge in [0.2, 0.25) is 0 Å². The van der Waals surface area contributed by atoms with Crippen LogP contribution in [0.3, 0.4) is 0 Å². The second kappa shape index (κ2) is 6.64. The summed E-state index contributed by atoms with van der Waals surface area (Å²) >= 11 is 1.94. The van der Waals surface area contributed by atoms with E-state index in [0.717, 1.165) is 0 Å². The Bertz CT molecular complexity index is 464. The van der Waals surface area contributed by atoms with E-state index in [1.807, 2.05) is 22.6 Å². The first-order chi connectivity index (χ1) is 8.43. The van der Waals surface area contributed by atoms with Crippen LogP contribution in [0.25, 0.3) is 0 Å². The van der Waals surface area contributed by atoms with E-state index in [-0.39, 0.29) is 23.2 Å². The molecule has 1 aromatic rings. The van der Waals surface area contributed by atoms with Crippen LogP contribution in [-0.2, 0) is 4.74 Å². The van der Waals surface area contributed by atoms with Crippen LogP contribution in [0.5, 0.6) is 0 Å². The predicted octanol–water partition coefficient (Wildman–Crippen LogP) is 1.96. The van der Waals surface area contributed by atoms with E-state index in [9.17, 15) is 14.9 Å². The average molecular weight is 364 g/mol. The summed E-state index contributed by atoms with van der Waals surface area (Å²) in [6.07, 6.45) is 0. The van der Waals surface area contributed by atoms with Gasteiger partial charge in [0, 0.05) is 34.4 Å². The number of benzene rings is 1. The minimum atomic E-state index is -0.516. The Morgan fingerprint density at radius 1 is 1.56 bits per heavy atom.